The molecule has 26 heavy (non-hydrogen) atoms. The quantitative estimate of drug-likeness (QED) is 0.433. The van der Waals surface area contributed by atoms with Crippen molar-refractivity contribution in [3.05, 3.63) is 47.9 Å². The molecule has 0 aliphatic carbocycles. The number of aryl methyl sites for hydroxylation is 1. The number of nitrogens with one attached hydrogen (secondary N) is 2. The molecule has 0 bridgehead atoms. The smallest absolute Gasteiger partial charge is 0.325 e. The van der Waals surface area contributed by atoms with Gasteiger partial charge >= 0.3 is 5.97 Å². The van der Waals surface area contributed by atoms with Crippen molar-refractivity contribution in [2.24, 2.45) is 0 Å². The number of hydrogen-bond donors (Lipinski definition) is 2. The summed E-state index contributed by atoms with van der Waals surface area (Å²) in [5.41, 5.74) is 1.33. The molecule has 2 aromatic rings. The van der Waals surface area contributed by atoms with Crippen LogP contribution in [0, 0.1) is 17.6 Å². The van der Waals surface area contributed by atoms with Crippen LogP contribution in [0.4, 0.5) is 5.69 Å². The number of carbonyl (C=O) groups is 3. The summed E-state index contributed by atoms with van der Waals surface area (Å²) in [4.78, 5) is 35.8. The number of rotatable bonds is 7. The molecule has 2 rings (SSSR count). The number of thioether (sulfide) groups is 1. The zero-order valence-electron chi connectivity index (χ0n) is 13.8. The summed E-state index contributed by atoms with van der Waals surface area (Å²) in [5.74, 6) is -1.75. The summed E-state index contributed by atoms with van der Waals surface area (Å²) >= 11 is 1.02. The van der Waals surface area contributed by atoms with Crippen molar-refractivity contribution >= 4 is 35.2 Å². The van der Waals surface area contributed by atoms with E-state index in [9.17, 15) is 14.4 Å². The minimum Gasteiger partial charge on any atom is -0.459 e. The van der Waals surface area contributed by atoms with Gasteiger partial charge in [-0.3, -0.25) is 14.4 Å². The number of hydrogen-bond acceptors (Lipinski definition) is 7. The molecule has 0 aliphatic heterocycles. The highest BCUT2D eigenvalue weighted by Gasteiger charge is 2.13. The van der Waals surface area contributed by atoms with E-state index in [0.29, 0.717) is 5.69 Å². The molecule has 0 fully saturated rings. The van der Waals surface area contributed by atoms with E-state index in [-0.39, 0.29) is 12.3 Å². The van der Waals surface area contributed by atoms with E-state index in [2.05, 4.69) is 10.6 Å². The van der Waals surface area contributed by atoms with Crippen LogP contribution in [0.1, 0.15) is 16.1 Å². The van der Waals surface area contributed by atoms with Crippen molar-refractivity contribution in [2.45, 2.75) is 11.8 Å². The summed E-state index contributed by atoms with van der Waals surface area (Å²) in [6, 6.07) is 8.13. The first-order valence-corrected chi connectivity index (χ1v) is 8.25. The topological polar surface area (TPSA) is 121 Å². The van der Waals surface area contributed by atoms with E-state index in [1.165, 1.54) is 12.3 Å². The van der Waals surface area contributed by atoms with Crippen molar-refractivity contribution in [2.75, 3.05) is 18.5 Å². The molecule has 1 aromatic carbocycles. The summed E-state index contributed by atoms with van der Waals surface area (Å²) < 4.78 is 9.68. The summed E-state index contributed by atoms with van der Waals surface area (Å²) in [6.45, 7) is 0.919. The number of amides is 2. The van der Waals surface area contributed by atoms with Crippen LogP contribution < -0.4 is 10.6 Å². The molecule has 134 valence electrons. The molecule has 1 heterocycles. The number of furan rings is 1. The molecule has 9 heteroatoms. The molecule has 8 nitrogen and oxygen atoms in total. The number of nitriles is 1. The predicted molar refractivity (Wildman–Crippen MR) is 93.3 cm³/mol. The van der Waals surface area contributed by atoms with Crippen molar-refractivity contribution < 1.29 is 23.5 Å². The lowest BCUT2D eigenvalue weighted by atomic mass is 10.2. The number of anilines is 1. The maximum Gasteiger partial charge on any atom is 0.325 e. The number of benzene rings is 1. The van der Waals surface area contributed by atoms with Crippen molar-refractivity contribution in [1.29, 1.82) is 5.26 Å². The predicted octanol–water partition coefficient (Wildman–Crippen LogP) is 2.07. The van der Waals surface area contributed by atoms with Crippen LogP contribution in [-0.4, -0.2) is 30.9 Å². The molecule has 0 aliphatic rings. The second-order valence-electron chi connectivity index (χ2n) is 5.04. The van der Waals surface area contributed by atoms with Crippen molar-refractivity contribution in [3.63, 3.8) is 0 Å². The van der Waals surface area contributed by atoms with Gasteiger partial charge in [0, 0.05) is 10.6 Å². The second-order valence-corrected chi connectivity index (χ2v) is 5.90. The maximum atomic E-state index is 11.9. The van der Waals surface area contributed by atoms with Gasteiger partial charge in [-0.1, -0.05) is 0 Å². The molecule has 2 amide bonds. The lowest BCUT2D eigenvalue weighted by molar-refractivity contribution is -0.146. The molecular formula is C17H15N3O5S. The van der Waals surface area contributed by atoms with Gasteiger partial charge in [-0.2, -0.15) is 5.26 Å². The molecule has 0 atom stereocenters. The summed E-state index contributed by atoms with van der Waals surface area (Å²) in [6.07, 6.45) is 1.34. The number of carbonyl (C=O) groups excluding carboxylic acids is 3. The third-order valence-corrected chi connectivity index (χ3v) is 3.72. The van der Waals surface area contributed by atoms with Gasteiger partial charge in [0.15, 0.2) is 12.4 Å². The van der Waals surface area contributed by atoms with Gasteiger partial charge in [-0.05, 0) is 54.6 Å². The fraction of sp³-hybridized carbons (Fsp3) is 0.176. The Morgan fingerprint density at radius 2 is 2.12 bits per heavy atom. The second kappa shape index (κ2) is 9.29. The maximum absolute atomic E-state index is 11.9. The average Bonchev–Trinajstić information content (AvgIpc) is 3.15. The fourth-order valence-electron chi connectivity index (χ4n) is 1.92. The van der Waals surface area contributed by atoms with Crippen LogP contribution in [-0.2, 0) is 14.3 Å². The minimum atomic E-state index is -0.752. The Morgan fingerprint density at radius 3 is 2.77 bits per heavy atom. The van der Waals surface area contributed by atoms with E-state index >= 15 is 0 Å². The van der Waals surface area contributed by atoms with Crippen molar-refractivity contribution in [3.8, 4) is 5.40 Å². The monoisotopic (exact) mass is 373 g/mol. The molecule has 0 spiro atoms. The van der Waals surface area contributed by atoms with Crippen LogP contribution >= 0.6 is 11.8 Å². The number of esters is 1. The van der Waals surface area contributed by atoms with Gasteiger partial charge in [0.2, 0.25) is 0 Å². The average molecular weight is 373 g/mol. The Kier molecular flexibility index (Phi) is 6.82. The lowest BCUT2D eigenvalue weighted by Crippen LogP contribution is -2.32. The number of ether oxygens (including phenoxy) is 1. The molecule has 0 unspecified atom stereocenters. The van der Waals surface area contributed by atoms with Crippen LogP contribution in [0.3, 0.4) is 0 Å². The highest BCUT2D eigenvalue weighted by Crippen LogP contribution is 2.23. The molecule has 0 radical (unpaired) electrons. The fourth-order valence-corrected chi connectivity index (χ4v) is 2.40. The van der Waals surface area contributed by atoms with Crippen molar-refractivity contribution in [1.82, 2.24) is 5.32 Å². The summed E-state index contributed by atoms with van der Waals surface area (Å²) in [5, 5.41) is 15.5. The van der Waals surface area contributed by atoms with Crippen LogP contribution in [0.5, 0.6) is 0 Å². The zero-order chi connectivity index (χ0) is 18.9. The Hall–Kier alpha value is -3.25. The largest absolute Gasteiger partial charge is 0.459 e. The van der Waals surface area contributed by atoms with E-state index in [1.807, 2.05) is 5.40 Å². The SMILES string of the molecule is Cc1cc(SC#N)ccc1NC(=O)COC(=O)CNC(=O)c1ccco1. The van der Waals surface area contributed by atoms with E-state index in [1.54, 1.807) is 31.2 Å². The highest BCUT2D eigenvalue weighted by atomic mass is 32.2. The Balaban J connectivity index is 1.75. The van der Waals surface area contributed by atoms with Gasteiger partial charge in [0.05, 0.1) is 6.26 Å². The van der Waals surface area contributed by atoms with Gasteiger partial charge in [-0.15, -0.1) is 0 Å². The Bertz CT molecular complexity index is 843. The van der Waals surface area contributed by atoms with Gasteiger partial charge in [-0.25, -0.2) is 0 Å². The standard InChI is InChI=1S/C17H15N3O5S/c1-11-7-12(26-10-18)4-5-13(11)20-15(21)9-25-16(22)8-19-17(23)14-3-2-6-24-14/h2-7H,8-9H2,1H3,(H,19,23)(H,20,21). The Labute approximate surface area is 153 Å². The molecule has 1 aromatic heterocycles. The Morgan fingerprint density at radius 1 is 1.31 bits per heavy atom. The van der Waals surface area contributed by atoms with E-state index in [4.69, 9.17) is 14.4 Å². The first-order valence-electron chi connectivity index (χ1n) is 7.43. The van der Waals surface area contributed by atoms with Gasteiger partial charge in [0.25, 0.3) is 11.8 Å². The van der Waals surface area contributed by atoms with Crippen LogP contribution in [0.25, 0.3) is 0 Å². The molecule has 0 saturated carbocycles. The minimum absolute atomic E-state index is 0.0732. The lowest BCUT2D eigenvalue weighted by Gasteiger charge is -2.10. The van der Waals surface area contributed by atoms with Crippen LogP contribution in [0.2, 0.25) is 0 Å². The molecule has 0 saturated heterocycles. The normalized spacial score (nSPS) is 9.85. The van der Waals surface area contributed by atoms with Crippen LogP contribution in [0.15, 0.2) is 45.9 Å². The first-order chi connectivity index (χ1) is 12.5. The zero-order valence-corrected chi connectivity index (χ0v) is 14.6. The molecule has 2 N–H and O–H groups in total. The van der Waals surface area contributed by atoms with E-state index < -0.39 is 24.4 Å². The van der Waals surface area contributed by atoms with Gasteiger partial charge in [0.1, 0.15) is 11.9 Å². The third-order valence-electron chi connectivity index (χ3n) is 3.14. The third kappa shape index (κ3) is 5.68. The number of thiocyanates is 1. The molecular weight excluding hydrogens is 358 g/mol. The van der Waals surface area contributed by atoms with Gasteiger partial charge < -0.3 is 19.8 Å². The highest BCUT2D eigenvalue weighted by molar-refractivity contribution is 8.03. The number of nitrogens with zero attached hydrogens (tertiary/aromatic N) is 1. The first kappa shape index (κ1) is 19.1. The summed E-state index contributed by atoms with van der Waals surface area (Å²) in [7, 11) is 0. The van der Waals surface area contributed by atoms with E-state index in [0.717, 1.165) is 22.2 Å².